The van der Waals surface area contributed by atoms with Crippen molar-refractivity contribution in [2.24, 2.45) is 5.73 Å². The molecule has 2 aromatic rings. The minimum absolute atomic E-state index is 0.0389. The van der Waals surface area contributed by atoms with Gasteiger partial charge in [0.15, 0.2) is 0 Å². The third kappa shape index (κ3) is 3.78. The van der Waals surface area contributed by atoms with E-state index in [-0.39, 0.29) is 13.0 Å². The second-order valence-corrected chi connectivity index (χ2v) is 4.62. The van der Waals surface area contributed by atoms with Gasteiger partial charge >= 0.3 is 5.97 Å². The Hall–Kier alpha value is -2.90. The summed E-state index contributed by atoms with van der Waals surface area (Å²) in [6.07, 6.45) is 4.66. The van der Waals surface area contributed by atoms with Crippen molar-refractivity contribution in [3.63, 3.8) is 0 Å². The number of carboxylic acids is 1. The fourth-order valence-electron chi connectivity index (χ4n) is 1.93. The number of anilines is 1. The van der Waals surface area contributed by atoms with Crippen LogP contribution in [0.2, 0.25) is 0 Å². The smallest absolute Gasteiger partial charge is 0.312 e. The molecule has 2 aromatic heterocycles. The predicted octanol–water partition coefficient (Wildman–Crippen LogP) is -0.244. The van der Waals surface area contributed by atoms with Gasteiger partial charge in [-0.2, -0.15) is 0 Å². The summed E-state index contributed by atoms with van der Waals surface area (Å²) in [5, 5.41) is 9.35. The summed E-state index contributed by atoms with van der Waals surface area (Å²) >= 11 is 0. The van der Waals surface area contributed by atoms with E-state index in [4.69, 9.17) is 11.5 Å². The van der Waals surface area contributed by atoms with Gasteiger partial charge in [-0.25, -0.2) is 9.97 Å². The van der Waals surface area contributed by atoms with E-state index in [9.17, 15) is 14.7 Å². The van der Waals surface area contributed by atoms with Gasteiger partial charge in [-0.1, -0.05) is 6.07 Å². The van der Waals surface area contributed by atoms with Crippen molar-refractivity contribution in [1.82, 2.24) is 14.5 Å². The molecule has 21 heavy (non-hydrogen) atoms. The van der Waals surface area contributed by atoms with Crippen LogP contribution in [0.5, 0.6) is 0 Å². The van der Waals surface area contributed by atoms with Gasteiger partial charge in [0.1, 0.15) is 18.3 Å². The normalized spacial score (nSPS) is 12.0. The molecule has 0 fully saturated rings. The molecule has 2 rings (SSSR count). The number of aliphatic carboxylic acids is 1. The average molecular weight is 289 g/mol. The van der Waals surface area contributed by atoms with Crippen LogP contribution in [-0.4, -0.2) is 31.5 Å². The largest absolute Gasteiger partial charge is 0.481 e. The highest BCUT2D eigenvalue weighted by atomic mass is 16.4. The van der Waals surface area contributed by atoms with Crippen LogP contribution in [0.1, 0.15) is 17.2 Å². The molecule has 110 valence electrons. The topological polar surface area (TPSA) is 137 Å². The first-order chi connectivity index (χ1) is 9.95. The fraction of sp³-hybridized carbons (Fsp3) is 0.231. The molecule has 1 atom stereocenters. The maximum atomic E-state index is 11.4. The summed E-state index contributed by atoms with van der Waals surface area (Å²) in [6.45, 7) is -0.0389. The molecule has 0 saturated carbocycles. The molecule has 1 unspecified atom stereocenters. The van der Waals surface area contributed by atoms with Gasteiger partial charge in [0.25, 0.3) is 0 Å². The van der Waals surface area contributed by atoms with E-state index in [1.807, 2.05) is 0 Å². The highest BCUT2D eigenvalue weighted by molar-refractivity contribution is 5.76. The zero-order chi connectivity index (χ0) is 15.4. The van der Waals surface area contributed by atoms with Crippen molar-refractivity contribution in [1.29, 1.82) is 0 Å². The molecule has 0 aliphatic rings. The SMILES string of the molecule is NC(=O)Cn1cnc(C(Cc2ccc(N)nc2)C(=O)O)c1. The zero-order valence-corrected chi connectivity index (χ0v) is 11.1. The Balaban J connectivity index is 2.18. The lowest BCUT2D eigenvalue weighted by Crippen LogP contribution is -2.18. The van der Waals surface area contributed by atoms with E-state index >= 15 is 0 Å². The lowest BCUT2D eigenvalue weighted by Gasteiger charge is -2.09. The van der Waals surface area contributed by atoms with Crippen LogP contribution in [0.3, 0.4) is 0 Å². The van der Waals surface area contributed by atoms with Crippen molar-refractivity contribution in [3.05, 3.63) is 42.1 Å². The first-order valence-corrected chi connectivity index (χ1v) is 6.19. The second-order valence-electron chi connectivity index (χ2n) is 4.62. The highest BCUT2D eigenvalue weighted by Gasteiger charge is 2.23. The van der Waals surface area contributed by atoms with E-state index in [2.05, 4.69) is 9.97 Å². The number of nitrogen functional groups attached to an aromatic ring is 1. The van der Waals surface area contributed by atoms with Crippen LogP contribution in [-0.2, 0) is 22.6 Å². The Kier molecular flexibility index (Phi) is 4.17. The Morgan fingerprint density at radius 2 is 2.10 bits per heavy atom. The van der Waals surface area contributed by atoms with Crippen LogP contribution < -0.4 is 11.5 Å². The standard InChI is InChI=1S/C13H15N5O3/c14-11-2-1-8(4-16-11)3-9(13(20)21)10-5-18(7-17-10)6-12(15)19/h1-2,4-5,7,9H,3,6H2,(H2,14,16)(H2,15,19)(H,20,21). The van der Waals surface area contributed by atoms with E-state index < -0.39 is 17.8 Å². The number of carboxylic acid groups (broad SMARTS) is 1. The molecule has 8 heteroatoms. The van der Waals surface area contributed by atoms with Gasteiger partial charge in [-0.05, 0) is 18.1 Å². The van der Waals surface area contributed by atoms with Crippen molar-refractivity contribution >= 4 is 17.7 Å². The molecule has 0 radical (unpaired) electrons. The van der Waals surface area contributed by atoms with Crippen molar-refractivity contribution in [3.8, 4) is 0 Å². The van der Waals surface area contributed by atoms with Gasteiger partial charge in [0, 0.05) is 12.4 Å². The molecular formula is C13H15N5O3. The van der Waals surface area contributed by atoms with Gasteiger partial charge in [-0.15, -0.1) is 0 Å². The molecule has 0 aromatic carbocycles. The Labute approximate surface area is 120 Å². The number of nitrogens with zero attached hydrogens (tertiary/aromatic N) is 3. The Morgan fingerprint density at radius 1 is 1.33 bits per heavy atom. The lowest BCUT2D eigenvalue weighted by atomic mass is 9.98. The van der Waals surface area contributed by atoms with Crippen molar-refractivity contribution in [2.75, 3.05) is 5.73 Å². The number of hydrogen-bond acceptors (Lipinski definition) is 5. The maximum Gasteiger partial charge on any atom is 0.312 e. The molecule has 0 aliphatic carbocycles. The summed E-state index contributed by atoms with van der Waals surface area (Å²) < 4.78 is 1.45. The summed E-state index contributed by atoms with van der Waals surface area (Å²) in [5.41, 5.74) is 11.7. The summed E-state index contributed by atoms with van der Waals surface area (Å²) in [4.78, 5) is 30.2. The Bertz CT molecular complexity index is 650. The van der Waals surface area contributed by atoms with E-state index in [1.165, 1.54) is 23.3 Å². The van der Waals surface area contributed by atoms with E-state index in [0.717, 1.165) is 5.56 Å². The van der Waals surface area contributed by atoms with E-state index in [1.54, 1.807) is 12.1 Å². The molecule has 0 saturated heterocycles. The number of aromatic nitrogens is 3. The number of carbonyl (C=O) groups is 2. The maximum absolute atomic E-state index is 11.4. The van der Waals surface area contributed by atoms with Crippen molar-refractivity contribution in [2.45, 2.75) is 18.9 Å². The minimum Gasteiger partial charge on any atom is -0.481 e. The first-order valence-electron chi connectivity index (χ1n) is 6.19. The summed E-state index contributed by atoms with van der Waals surface area (Å²) in [7, 11) is 0. The average Bonchev–Trinajstić information content (AvgIpc) is 2.85. The van der Waals surface area contributed by atoms with Crippen LogP contribution >= 0.6 is 0 Å². The minimum atomic E-state index is -1.00. The summed E-state index contributed by atoms with van der Waals surface area (Å²) in [5.74, 6) is -1.98. The predicted molar refractivity (Wildman–Crippen MR) is 74.2 cm³/mol. The number of primary amides is 1. The second kappa shape index (κ2) is 6.04. The third-order valence-electron chi connectivity index (χ3n) is 2.93. The van der Waals surface area contributed by atoms with Gasteiger partial charge in [-0.3, -0.25) is 9.59 Å². The zero-order valence-electron chi connectivity index (χ0n) is 11.1. The molecule has 0 aliphatic heterocycles. The molecule has 8 nitrogen and oxygen atoms in total. The van der Waals surface area contributed by atoms with E-state index in [0.29, 0.717) is 11.5 Å². The lowest BCUT2D eigenvalue weighted by molar-refractivity contribution is -0.138. The van der Waals surface area contributed by atoms with Crippen LogP contribution in [0, 0.1) is 0 Å². The number of amides is 1. The van der Waals surface area contributed by atoms with Crippen LogP contribution in [0.4, 0.5) is 5.82 Å². The number of hydrogen-bond donors (Lipinski definition) is 3. The molecule has 0 bridgehead atoms. The monoisotopic (exact) mass is 289 g/mol. The number of nitrogens with two attached hydrogens (primary N) is 2. The molecule has 0 spiro atoms. The van der Waals surface area contributed by atoms with Gasteiger partial charge in [0.05, 0.1) is 12.0 Å². The number of imidazole rings is 1. The van der Waals surface area contributed by atoms with Gasteiger partial charge < -0.3 is 21.1 Å². The first kappa shape index (κ1) is 14.5. The molecule has 5 N–H and O–H groups in total. The molecular weight excluding hydrogens is 274 g/mol. The summed E-state index contributed by atoms with van der Waals surface area (Å²) in [6, 6.07) is 3.33. The third-order valence-corrected chi connectivity index (χ3v) is 2.93. The van der Waals surface area contributed by atoms with Gasteiger partial charge in [0.2, 0.25) is 5.91 Å². The number of pyridine rings is 1. The quantitative estimate of drug-likeness (QED) is 0.671. The van der Waals surface area contributed by atoms with Crippen molar-refractivity contribution < 1.29 is 14.7 Å². The highest BCUT2D eigenvalue weighted by Crippen LogP contribution is 2.20. The molecule has 2 heterocycles. The fourth-order valence-corrected chi connectivity index (χ4v) is 1.93. The molecule has 1 amide bonds. The van der Waals surface area contributed by atoms with Crippen LogP contribution in [0.15, 0.2) is 30.9 Å². The number of rotatable bonds is 6. The number of carbonyl (C=O) groups excluding carboxylic acids is 1. The van der Waals surface area contributed by atoms with Crippen LogP contribution in [0.25, 0.3) is 0 Å². The Morgan fingerprint density at radius 3 is 2.67 bits per heavy atom.